The summed E-state index contributed by atoms with van der Waals surface area (Å²) in [6, 6.07) is 59.2. The largest absolute Gasteiger partial charge is 0.348 e. The lowest BCUT2D eigenvalue weighted by atomic mass is 9.67. The van der Waals surface area contributed by atoms with Gasteiger partial charge in [-0.1, -0.05) is 109 Å². The molecule has 0 atom stereocenters. The second-order valence-electron chi connectivity index (χ2n) is 12.8. The fourth-order valence-electron chi connectivity index (χ4n) is 8.22. The zero-order chi connectivity index (χ0) is 33.1. The molecule has 9 aromatic rings. The van der Waals surface area contributed by atoms with Gasteiger partial charge in [0, 0.05) is 34.5 Å². The van der Waals surface area contributed by atoms with Gasteiger partial charge < -0.3 is 4.98 Å². The van der Waals surface area contributed by atoms with Crippen LogP contribution < -0.4 is 4.90 Å². The summed E-state index contributed by atoms with van der Waals surface area (Å²) in [6.07, 6.45) is 5.39. The number of hydrogen-bond acceptors (Lipinski definition) is 3. The molecule has 10 rings (SSSR count). The lowest BCUT2D eigenvalue weighted by molar-refractivity contribution is 0.768. The van der Waals surface area contributed by atoms with Gasteiger partial charge in [0.1, 0.15) is 18.0 Å². The molecule has 5 heteroatoms. The average molecular weight is 642 g/mol. The molecule has 0 saturated carbocycles. The van der Waals surface area contributed by atoms with Crippen LogP contribution in [0, 0.1) is 0 Å². The molecule has 3 heterocycles. The van der Waals surface area contributed by atoms with Crippen LogP contribution in [0.2, 0.25) is 0 Å². The lowest BCUT2D eigenvalue weighted by Crippen LogP contribution is -2.28. The first kappa shape index (κ1) is 28.3. The van der Waals surface area contributed by atoms with Gasteiger partial charge in [-0.3, -0.25) is 9.47 Å². The molecule has 0 bridgehead atoms. The van der Waals surface area contributed by atoms with Gasteiger partial charge in [-0.25, -0.2) is 9.97 Å². The van der Waals surface area contributed by atoms with E-state index in [9.17, 15) is 0 Å². The number of aromatic amines is 1. The Morgan fingerprint density at radius 3 is 1.98 bits per heavy atom. The zero-order valence-corrected chi connectivity index (χ0v) is 27.1. The summed E-state index contributed by atoms with van der Waals surface area (Å²) in [5.74, 6) is 1.83. The summed E-state index contributed by atoms with van der Waals surface area (Å²) in [5.41, 5.74) is 11.5. The molecule has 3 aromatic heterocycles. The molecule has 0 unspecified atom stereocenters. The second kappa shape index (κ2) is 11.2. The second-order valence-corrected chi connectivity index (χ2v) is 12.8. The SMILES string of the molecule is c1ccc(C2(c3ccccc3)c3ccccc3-c3ccc(N(c4ccc5c(c4)c4ccccc4n5-c4ccncn4)c4ccc[nH]4)cc32)cc1. The van der Waals surface area contributed by atoms with E-state index >= 15 is 0 Å². The topological polar surface area (TPSA) is 49.7 Å². The van der Waals surface area contributed by atoms with Crippen molar-refractivity contribution in [1.82, 2.24) is 19.5 Å². The van der Waals surface area contributed by atoms with E-state index in [4.69, 9.17) is 0 Å². The first-order valence-electron chi connectivity index (χ1n) is 16.9. The Kier molecular flexibility index (Phi) is 6.33. The summed E-state index contributed by atoms with van der Waals surface area (Å²) >= 11 is 0. The maximum Gasteiger partial charge on any atom is 0.140 e. The zero-order valence-electron chi connectivity index (χ0n) is 27.1. The van der Waals surface area contributed by atoms with E-state index in [1.54, 1.807) is 12.5 Å². The molecule has 1 N–H and O–H groups in total. The molecule has 0 fully saturated rings. The van der Waals surface area contributed by atoms with Crippen molar-refractivity contribution in [2.45, 2.75) is 5.41 Å². The molecule has 0 saturated heterocycles. The number of anilines is 3. The highest BCUT2D eigenvalue weighted by molar-refractivity contribution is 6.10. The van der Waals surface area contributed by atoms with Gasteiger partial charge in [-0.05, 0) is 88.0 Å². The minimum Gasteiger partial charge on any atom is -0.348 e. The van der Waals surface area contributed by atoms with Crippen LogP contribution in [0.5, 0.6) is 0 Å². The smallest absolute Gasteiger partial charge is 0.140 e. The van der Waals surface area contributed by atoms with Crippen molar-refractivity contribution in [2.75, 3.05) is 4.90 Å². The van der Waals surface area contributed by atoms with Gasteiger partial charge in [0.05, 0.1) is 16.4 Å². The summed E-state index contributed by atoms with van der Waals surface area (Å²) in [6.45, 7) is 0. The van der Waals surface area contributed by atoms with Crippen LogP contribution in [-0.2, 0) is 5.41 Å². The van der Waals surface area contributed by atoms with Crippen LogP contribution in [-0.4, -0.2) is 19.5 Å². The van der Waals surface area contributed by atoms with Crippen molar-refractivity contribution in [1.29, 1.82) is 0 Å². The number of hydrogen-bond donors (Lipinski definition) is 1. The van der Waals surface area contributed by atoms with Gasteiger partial charge in [0.25, 0.3) is 0 Å². The standard InChI is InChI=1S/C45H31N5/c1-3-12-31(13-4-1)45(32-14-5-2-6-15-32)39-18-9-7-16-35(39)36-23-21-34(29-40(36)45)49(43-20-11-26-47-43)33-22-24-42-38(28-33)37-17-8-10-19-41(37)50(42)44-25-27-46-30-48-44/h1-30,47H. The quantitative estimate of drug-likeness (QED) is 0.197. The van der Waals surface area contributed by atoms with Gasteiger partial charge in [0.15, 0.2) is 0 Å². The van der Waals surface area contributed by atoms with Crippen LogP contribution in [0.25, 0.3) is 38.8 Å². The minimum atomic E-state index is -0.485. The number of para-hydroxylation sites is 1. The third-order valence-electron chi connectivity index (χ3n) is 10.2. The number of benzene rings is 6. The molecule has 0 spiro atoms. The average Bonchev–Trinajstić information content (AvgIpc) is 3.91. The molecule has 0 aliphatic heterocycles. The van der Waals surface area contributed by atoms with E-state index in [-0.39, 0.29) is 0 Å². The number of rotatable bonds is 6. The Balaban J connectivity index is 1.23. The summed E-state index contributed by atoms with van der Waals surface area (Å²) < 4.78 is 2.22. The number of nitrogens with one attached hydrogen (secondary N) is 1. The Bertz CT molecular complexity index is 2600. The lowest BCUT2D eigenvalue weighted by Gasteiger charge is -2.34. The maximum atomic E-state index is 4.62. The van der Waals surface area contributed by atoms with E-state index < -0.39 is 5.41 Å². The number of fused-ring (bicyclic) bond motifs is 6. The van der Waals surface area contributed by atoms with Crippen molar-refractivity contribution in [3.8, 4) is 16.9 Å². The van der Waals surface area contributed by atoms with Gasteiger partial charge in [0.2, 0.25) is 0 Å². The van der Waals surface area contributed by atoms with E-state index in [1.165, 1.54) is 38.8 Å². The normalized spacial score (nSPS) is 13.0. The van der Waals surface area contributed by atoms with Crippen LogP contribution >= 0.6 is 0 Å². The van der Waals surface area contributed by atoms with Crippen molar-refractivity contribution < 1.29 is 0 Å². The van der Waals surface area contributed by atoms with Crippen LogP contribution in [0.15, 0.2) is 183 Å². The molecule has 0 radical (unpaired) electrons. The number of nitrogens with zero attached hydrogens (tertiary/aromatic N) is 4. The maximum absolute atomic E-state index is 4.62. The predicted octanol–water partition coefficient (Wildman–Crippen LogP) is 10.7. The highest BCUT2D eigenvalue weighted by Gasteiger charge is 2.46. The molecular weight excluding hydrogens is 611 g/mol. The minimum absolute atomic E-state index is 0.485. The Hall–Kier alpha value is -6.72. The number of aromatic nitrogens is 4. The van der Waals surface area contributed by atoms with Crippen molar-refractivity contribution in [3.05, 3.63) is 205 Å². The Labute approximate surface area is 289 Å². The molecule has 5 nitrogen and oxygen atoms in total. The summed E-state index contributed by atoms with van der Waals surface area (Å²) in [7, 11) is 0. The molecule has 1 aliphatic carbocycles. The monoisotopic (exact) mass is 641 g/mol. The molecule has 236 valence electrons. The van der Waals surface area contributed by atoms with Crippen molar-refractivity contribution in [2.24, 2.45) is 0 Å². The number of H-pyrrole nitrogens is 1. The fraction of sp³-hybridized carbons (Fsp3) is 0.0222. The third kappa shape index (κ3) is 4.07. The molecule has 6 aromatic carbocycles. The summed E-state index contributed by atoms with van der Waals surface area (Å²) in [4.78, 5) is 14.6. The molecule has 0 amide bonds. The highest BCUT2D eigenvalue weighted by Crippen LogP contribution is 2.57. The fourth-order valence-corrected chi connectivity index (χ4v) is 8.22. The van der Waals surface area contributed by atoms with E-state index in [2.05, 4.69) is 182 Å². The predicted molar refractivity (Wildman–Crippen MR) is 203 cm³/mol. The van der Waals surface area contributed by atoms with Gasteiger partial charge >= 0.3 is 0 Å². The van der Waals surface area contributed by atoms with E-state index in [1.807, 2.05) is 12.3 Å². The Morgan fingerprint density at radius 2 is 1.22 bits per heavy atom. The van der Waals surface area contributed by atoms with Crippen LogP contribution in [0.1, 0.15) is 22.3 Å². The summed E-state index contributed by atoms with van der Waals surface area (Å²) in [5, 5.41) is 2.33. The first-order chi connectivity index (χ1) is 24.8. The van der Waals surface area contributed by atoms with Crippen LogP contribution in [0.4, 0.5) is 17.2 Å². The molecule has 1 aliphatic rings. The van der Waals surface area contributed by atoms with E-state index in [0.29, 0.717) is 0 Å². The molecule has 50 heavy (non-hydrogen) atoms. The van der Waals surface area contributed by atoms with Crippen molar-refractivity contribution >= 4 is 39.0 Å². The van der Waals surface area contributed by atoms with Gasteiger partial charge in [-0.2, -0.15) is 0 Å². The van der Waals surface area contributed by atoms with E-state index in [0.717, 1.165) is 39.4 Å². The first-order valence-corrected chi connectivity index (χ1v) is 16.9. The van der Waals surface area contributed by atoms with Crippen LogP contribution in [0.3, 0.4) is 0 Å². The molecular formula is C45H31N5. The third-order valence-corrected chi connectivity index (χ3v) is 10.2. The van der Waals surface area contributed by atoms with Gasteiger partial charge in [-0.15, -0.1) is 0 Å². The highest BCUT2D eigenvalue weighted by atomic mass is 15.2. The van der Waals surface area contributed by atoms with Crippen molar-refractivity contribution in [3.63, 3.8) is 0 Å². The Morgan fingerprint density at radius 1 is 0.540 bits per heavy atom.